The Balaban J connectivity index is 2.32. The highest BCUT2D eigenvalue weighted by atomic mass is 16.2. The molecule has 0 aliphatic carbocycles. The third kappa shape index (κ3) is 1.99. The maximum absolute atomic E-state index is 12.8. The molecule has 21 heavy (non-hydrogen) atoms. The number of fused-ring (bicyclic) bond motifs is 2. The summed E-state index contributed by atoms with van der Waals surface area (Å²) in [4.78, 5) is 16.5. The normalized spacial score (nSPS) is 13.7. The molecule has 0 saturated carbocycles. The second-order valence-corrected chi connectivity index (χ2v) is 4.81. The van der Waals surface area contributed by atoms with Crippen molar-refractivity contribution in [3.8, 4) is 0 Å². The quantitative estimate of drug-likeness (QED) is 0.855. The van der Waals surface area contributed by atoms with E-state index in [4.69, 9.17) is 5.73 Å². The average molecular weight is 283 g/mol. The number of hydrogen-bond acceptors (Lipinski definition) is 5. The number of carbonyl (C=O) groups is 1. The summed E-state index contributed by atoms with van der Waals surface area (Å²) >= 11 is 0. The number of amides is 1. The van der Waals surface area contributed by atoms with Gasteiger partial charge in [-0.05, 0) is 38.1 Å². The van der Waals surface area contributed by atoms with E-state index in [1.165, 1.54) is 0 Å². The first kappa shape index (κ1) is 13.4. The van der Waals surface area contributed by atoms with Crippen molar-refractivity contribution < 1.29 is 4.79 Å². The molecule has 0 radical (unpaired) electrons. The van der Waals surface area contributed by atoms with Crippen LogP contribution in [0.15, 0.2) is 30.5 Å². The number of nitrogen functional groups attached to an aromatic ring is 1. The number of nitrogens with two attached hydrogens (primary N) is 1. The maximum atomic E-state index is 12.8. The van der Waals surface area contributed by atoms with Crippen molar-refractivity contribution in [1.29, 1.82) is 0 Å². The lowest BCUT2D eigenvalue weighted by Gasteiger charge is -2.25. The molecule has 1 aromatic heterocycles. The molecule has 0 atom stereocenters. The number of aromatic nitrogens is 2. The van der Waals surface area contributed by atoms with E-state index in [1.807, 2.05) is 36.9 Å². The topological polar surface area (TPSA) is 75.4 Å². The molecule has 0 spiro atoms. The van der Waals surface area contributed by atoms with Gasteiger partial charge in [-0.15, -0.1) is 5.10 Å². The molecule has 108 valence electrons. The zero-order valence-electron chi connectivity index (χ0n) is 12.1. The summed E-state index contributed by atoms with van der Waals surface area (Å²) in [6, 6.07) is 7.30. The van der Waals surface area contributed by atoms with Gasteiger partial charge in [-0.2, -0.15) is 5.10 Å². The number of hydrogen-bond donors (Lipinski definition) is 1. The summed E-state index contributed by atoms with van der Waals surface area (Å²) < 4.78 is 0. The highest BCUT2D eigenvalue weighted by Crippen LogP contribution is 2.40. The smallest absolute Gasteiger partial charge is 0.262 e. The summed E-state index contributed by atoms with van der Waals surface area (Å²) in [5.41, 5.74) is 8.82. The Kier molecular flexibility index (Phi) is 3.21. The van der Waals surface area contributed by atoms with Crippen molar-refractivity contribution in [2.24, 2.45) is 0 Å². The fourth-order valence-electron chi connectivity index (χ4n) is 2.68. The van der Waals surface area contributed by atoms with Crippen molar-refractivity contribution in [3.05, 3.63) is 36.0 Å². The largest absolute Gasteiger partial charge is 0.399 e. The first-order chi connectivity index (χ1) is 10.2. The molecule has 0 bridgehead atoms. The third-order valence-corrected chi connectivity index (χ3v) is 3.65. The Morgan fingerprint density at radius 3 is 2.57 bits per heavy atom. The van der Waals surface area contributed by atoms with Crippen LogP contribution in [0.3, 0.4) is 0 Å². The van der Waals surface area contributed by atoms with Gasteiger partial charge in [0.05, 0.1) is 23.1 Å². The lowest BCUT2D eigenvalue weighted by Crippen LogP contribution is -2.30. The Labute approximate surface area is 123 Å². The summed E-state index contributed by atoms with van der Waals surface area (Å²) in [6.07, 6.45) is 1.54. The SMILES string of the molecule is CCN1C(=O)c2ccnnc2N(CC)c2ccc(N)cc21. The van der Waals surface area contributed by atoms with Crippen molar-refractivity contribution >= 4 is 28.8 Å². The Morgan fingerprint density at radius 2 is 1.86 bits per heavy atom. The molecule has 2 N–H and O–H groups in total. The van der Waals surface area contributed by atoms with E-state index in [0.717, 1.165) is 11.4 Å². The van der Waals surface area contributed by atoms with Crippen LogP contribution < -0.4 is 15.5 Å². The summed E-state index contributed by atoms with van der Waals surface area (Å²) in [5, 5.41) is 8.10. The molecule has 0 saturated heterocycles. The van der Waals surface area contributed by atoms with Crippen LogP contribution in [-0.2, 0) is 0 Å². The van der Waals surface area contributed by atoms with Gasteiger partial charge in [0, 0.05) is 18.8 Å². The molecule has 1 aliphatic rings. The molecule has 1 aromatic carbocycles. The van der Waals surface area contributed by atoms with Crippen LogP contribution in [0.2, 0.25) is 0 Å². The number of anilines is 4. The molecule has 3 rings (SSSR count). The second-order valence-electron chi connectivity index (χ2n) is 4.81. The minimum Gasteiger partial charge on any atom is -0.399 e. The third-order valence-electron chi connectivity index (χ3n) is 3.65. The molecule has 6 nitrogen and oxygen atoms in total. The Hall–Kier alpha value is -2.63. The fourth-order valence-corrected chi connectivity index (χ4v) is 2.68. The maximum Gasteiger partial charge on any atom is 0.262 e. The first-order valence-corrected chi connectivity index (χ1v) is 6.98. The van der Waals surface area contributed by atoms with E-state index in [2.05, 4.69) is 10.2 Å². The predicted molar refractivity (Wildman–Crippen MR) is 82.9 cm³/mol. The van der Waals surface area contributed by atoms with Gasteiger partial charge in [-0.25, -0.2) is 0 Å². The first-order valence-electron chi connectivity index (χ1n) is 6.98. The number of nitrogens with zero attached hydrogens (tertiary/aromatic N) is 4. The number of carbonyl (C=O) groups excluding carboxylic acids is 1. The minimum atomic E-state index is -0.0785. The van der Waals surface area contributed by atoms with Gasteiger partial charge in [0.2, 0.25) is 0 Å². The van der Waals surface area contributed by atoms with Gasteiger partial charge in [0.25, 0.3) is 5.91 Å². The van der Waals surface area contributed by atoms with Crippen LogP contribution in [0.25, 0.3) is 0 Å². The molecule has 0 unspecified atom stereocenters. The number of benzene rings is 1. The fraction of sp³-hybridized carbons (Fsp3) is 0.267. The van der Waals surface area contributed by atoms with Gasteiger partial charge >= 0.3 is 0 Å². The lowest BCUT2D eigenvalue weighted by molar-refractivity contribution is 0.0989. The summed E-state index contributed by atoms with van der Waals surface area (Å²) in [5.74, 6) is 0.511. The van der Waals surface area contributed by atoms with Crippen molar-refractivity contribution in [2.75, 3.05) is 28.6 Å². The Bertz CT molecular complexity index is 700. The van der Waals surface area contributed by atoms with Crippen LogP contribution in [0, 0.1) is 0 Å². The second kappa shape index (κ2) is 5.05. The van der Waals surface area contributed by atoms with E-state index in [0.29, 0.717) is 30.2 Å². The van der Waals surface area contributed by atoms with Gasteiger partial charge < -0.3 is 15.5 Å². The number of rotatable bonds is 2. The standard InChI is InChI=1S/C15H17N5O/c1-3-19-12-6-5-10(16)9-13(12)20(4-2)15(21)11-7-8-17-18-14(11)19/h5-9H,3-4,16H2,1-2H3. The van der Waals surface area contributed by atoms with Gasteiger partial charge in [0.15, 0.2) is 5.82 Å². The van der Waals surface area contributed by atoms with Crippen LogP contribution in [0.5, 0.6) is 0 Å². The zero-order valence-corrected chi connectivity index (χ0v) is 12.1. The molecular weight excluding hydrogens is 266 g/mol. The molecule has 1 amide bonds. The predicted octanol–water partition coefficient (Wildman–Crippen LogP) is 2.20. The molecule has 2 heterocycles. The molecular formula is C15H17N5O. The van der Waals surface area contributed by atoms with Crippen LogP contribution in [0.1, 0.15) is 24.2 Å². The van der Waals surface area contributed by atoms with E-state index in [9.17, 15) is 4.79 Å². The zero-order chi connectivity index (χ0) is 15.0. The highest BCUT2D eigenvalue weighted by molar-refractivity contribution is 6.13. The monoisotopic (exact) mass is 283 g/mol. The van der Waals surface area contributed by atoms with Crippen LogP contribution in [-0.4, -0.2) is 29.2 Å². The van der Waals surface area contributed by atoms with Crippen molar-refractivity contribution in [2.45, 2.75) is 13.8 Å². The van der Waals surface area contributed by atoms with E-state index in [1.54, 1.807) is 17.2 Å². The van der Waals surface area contributed by atoms with Gasteiger partial charge in [0.1, 0.15) is 0 Å². The highest BCUT2D eigenvalue weighted by Gasteiger charge is 2.30. The average Bonchev–Trinajstić information content (AvgIpc) is 2.60. The molecule has 2 aromatic rings. The van der Waals surface area contributed by atoms with E-state index >= 15 is 0 Å². The molecule has 6 heteroatoms. The van der Waals surface area contributed by atoms with Gasteiger partial charge in [-0.1, -0.05) is 0 Å². The van der Waals surface area contributed by atoms with Crippen molar-refractivity contribution in [3.63, 3.8) is 0 Å². The van der Waals surface area contributed by atoms with Gasteiger partial charge in [-0.3, -0.25) is 4.79 Å². The Morgan fingerprint density at radius 1 is 1.10 bits per heavy atom. The molecule has 1 aliphatic heterocycles. The molecule has 0 fully saturated rings. The lowest BCUT2D eigenvalue weighted by atomic mass is 10.2. The summed E-state index contributed by atoms with van der Waals surface area (Å²) in [7, 11) is 0. The summed E-state index contributed by atoms with van der Waals surface area (Å²) in [6.45, 7) is 5.22. The van der Waals surface area contributed by atoms with E-state index < -0.39 is 0 Å². The minimum absolute atomic E-state index is 0.0785. The van der Waals surface area contributed by atoms with E-state index in [-0.39, 0.29) is 5.91 Å². The van der Waals surface area contributed by atoms with Crippen molar-refractivity contribution in [1.82, 2.24) is 10.2 Å². The van der Waals surface area contributed by atoms with Crippen LogP contribution in [0.4, 0.5) is 22.9 Å². The van der Waals surface area contributed by atoms with Crippen LogP contribution >= 0.6 is 0 Å².